The molecule has 2 rings (SSSR count). The van der Waals surface area contributed by atoms with Gasteiger partial charge in [-0.25, -0.2) is 4.79 Å². The van der Waals surface area contributed by atoms with E-state index in [0.717, 1.165) is 5.56 Å². The maximum Gasteiger partial charge on any atom is 0.338 e. The molecule has 22 heavy (non-hydrogen) atoms. The number of carbonyl (C=O) groups excluding carboxylic acids is 2. The van der Waals surface area contributed by atoms with Gasteiger partial charge in [0.15, 0.2) is 5.78 Å². The van der Waals surface area contributed by atoms with Crippen molar-refractivity contribution in [1.29, 1.82) is 0 Å². The predicted molar refractivity (Wildman–Crippen MR) is 84.0 cm³/mol. The van der Waals surface area contributed by atoms with E-state index in [2.05, 4.69) is 4.74 Å². The van der Waals surface area contributed by atoms with E-state index in [1.165, 1.54) is 25.3 Å². The minimum Gasteiger partial charge on any atom is -0.507 e. The molecule has 0 aliphatic rings. The molecule has 112 valence electrons. The Kier molecular flexibility index (Phi) is 4.73. The van der Waals surface area contributed by atoms with Crippen molar-refractivity contribution < 1.29 is 19.4 Å². The molecule has 4 heteroatoms. The number of esters is 1. The quantitative estimate of drug-likeness (QED) is 0.693. The average Bonchev–Trinajstić information content (AvgIpc) is 2.54. The first kappa shape index (κ1) is 15.5. The van der Waals surface area contributed by atoms with Crippen LogP contribution in [0.1, 0.15) is 38.8 Å². The van der Waals surface area contributed by atoms with Crippen molar-refractivity contribution in [1.82, 2.24) is 0 Å². The topological polar surface area (TPSA) is 63.6 Å². The maximum atomic E-state index is 12.7. The second kappa shape index (κ2) is 6.72. The SMILES string of the molecule is CC=Cc1cccc(C(=O)c2c(O)cccc2C(=O)OC)c1. The second-order valence-corrected chi connectivity index (χ2v) is 4.65. The van der Waals surface area contributed by atoms with Crippen molar-refractivity contribution >= 4 is 17.8 Å². The largest absolute Gasteiger partial charge is 0.507 e. The van der Waals surface area contributed by atoms with Crippen LogP contribution in [0.3, 0.4) is 0 Å². The van der Waals surface area contributed by atoms with Gasteiger partial charge in [-0.3, -0.25) is 4.79 Å². The molecule has 0 bridgehead atoms. The van der Waals surface area contributed by atoms with Crippen molar-refractivity contribution in [2.75, 3.05) is 7.11 Å². The van der Waals surface area contributed by atoms with Crippen LogP contribution < -0.4 is 0 Å². The van der Waals surface area contributed by atoms with Crippen LogP contribution in [0, 0.1) is 0 Å². The fourth-order valence-corrected chi connectivity index (χ4v) is 2.18. The summed E-state index contributed by atoms with van der Waals surface area (Å²) in [5, 5.41) is 10.00. The van der Waals surface area contributed by atoms with E-state index < -0.39 is 11.8 Å². The summed E-state index contributed by atoms with van der Waals surface area (Å²) in [6, 6.07) is 11.3. The highest BCUT2D eigenvalue weighted by atomic mass is 16.5. The van der Waals surface area contributed by atoms with Gasteiger partial charge >= 0.3 is 5.97 Å². The van der Waals surface area contributed by atoms with Crippen LogP contribution in [-0.4, -0.2) is 24.0 Å². The lowest BCUT2D eigenvalue weighted by Gasteiger charge is -2.09. The summed E-state index contributed by atoms with van der Waals surface area (Å²) in [5.41, 5.74) is 1.25. The minimum absolute atomic E-state index is 0.0453. The van der Waals surface area contributed by atoms with E-state index in [4.69, 9.17) is 0 Å². The predicted octanol–water partition coefficient (Wildman–Crippen LogP) is 3.44. The Morgan fingerprint density at radius 2 is 1.86 bits per heavy atom. The highest BCUT2D eigenvalue weighted by molar-refractivity contribution is 6.16. The van der Waals surface area contributed by atoms with Gasteiger partial charge in [0.1, 0.15) is 5.75 Å². The van der Waals surface area contributed by atoms with Gasteiger partial charge in [0.05, 0.1) is 18.2 Å². The number of methoxy groups -OCH3 is 1. The Balaban J connectivity index is 2.54. The number of phenols is 1. The molecule has 1 N–H and O–H groups in total. The lowest BCUT2D eigenvalue weighted by atomic mass is 9.96. The van der Waals surface area contributed by atoms with E-state index in [1.807, 2.05) is 25.1 Å². The number of hydrogen-bond donors (Lipinski definition) is 1. The number of ketones is 1. The molecule has 0 unspecified atom stereocenters. The fraction of sp³-hybridized carbons (Fsp3) is 0.111. The van der Waals surface area contributed by atoms with Gasteiger partial charge in [0.25, 0.3) is 0 Å². The summed E-state index contributed by atoms with van der Waals surface area (Å²) in [6.07, 6.45) is 3.73. The van der Waals surface area contributed by atoms with E-state index in [1.54, 1.807) is 18.2 Å². The van der Waals surface area contributed by atoms with Crippen molar-refractivity contribution in [3.8, 4) is 5.75 Å². The van der Waals surface area contributed by atoms with Gasteiger partial charge in [-0.15, -0.1) is 0 Å². The molecule has 0 amide bonds. The van der Waals surface area contributed by atoms with E-state index in [9.17, 15) is 14.7 Å². The standard InChI is InChI=1S/C18H16O4/c1-3-6-12-7-4-8-13(11-12)17(20)16-14(18(21)22-2)9-5-10-15(16)19/h3-11,19H,1-2H3. The first-order chi connectivity index (χ1) is 10.6. The van der Waals surface area contributed by atoms with Crippen LogP contribution in [0.5, 0.6) is 5.75 Å². The van der Waals surface area contributed by atoms with Crippen LogP contribution in [-0.2, 0) is 4.74 Å². The summed E-state index contributed by atoms with van der Waals surface area (Å²) in [6.45, 7) is 1.88. The summed E-state index contributed by atoms with van der Waals surface area (Å²) < 4.78 is 4.67. The second-order valence-electron chi connectivity index (χ2n) is 4.65. The number of ether oxygens (including phenoxy) is 1. The van der Waals surface area contributed by atoms with Gasteiger partial charge in [-0.2, -0.15) is 0 Å². The first-order valence-electron chi connectivity index (χ1n) is 6.76. The molecule has 0 radical (unpaired) electrons. The van der Waals surface area contributed by atoms with Gasteiger partial charge in [-0.05, 0) is 30.7 Å². The minimum atomic E-state index is -0.663. The third kappa shape index (κ3) is 3.06. The van der Waals surface area contributed by atoms with Crippen LogP contribution in [0.4, 0.5) is 0 Å². The molecular weight excluding hydrogens is 280 g/mol. The van der Waals surface area contributed by atoms with Gasteiger partial charge < -0.3 is 9.84 Å². The average molecular weight is 296 g/mol. The molecule has 0 saturated carbocycles. The number of aromatic hydroxyl groups is 1. The summed E-state index contributed by atoms with van der Waals surface area (Å²) in [7, 11) is 1.23. The summed E-state index contributed by atoms with van der Waals surface area (Å²) >= 11 is 0. The number of benzene rings is 2. The maximum absolute atomic E-state index is 12.7. The summed E-state index contributed by atoms with van der Waals surface area (Å²) in [4.78, 5) is 24.5. The molecule has 0 fully saturated rings. The Morgan fingerprint density at radius 3 is 2.55 bits per heavy atom. The summed E-state index contributed by atoms with van der Waals surface area (Å²) in [5.74, 6) is -1.34. The Morgan fingerprint density at radius 1 is 1.14 bits per heavy atom. The van der Waals surface area contributed by atoms with Crippen molar-refractivity contribution in [3.05, 3.63) is 70.8 Å². The molecule has 0 aliphatic heterocycles. The Labute approximate surface area is 128 Å². The zero-order valence-corrected chi connectivity index (χ0v) is 12.4. The van der Waals surface area contributed by atoms with Crippen LogP contribution in [0.2, 0.25) is 0 Å². The molecule has 0 heterocycles. The molecule has 0 aliphatic carbocycles. The lowest BCUT2D eigenvalue weighted by molar-refractivity contribution is 0.0597. The zero-order valence-electron chi connectivity index (χ0n) is 12.4. The van der Waals surface area contributed by atoms with Crippen molar-refractivity contribution in [2.24, 2.45) is 0 Å². The van der Waals surface area contributed by atoms with Crippen molar-refractivity contribution in [2.45, 2.75) is 6.92 Å². The lowest BCUT2D eigenvalue weighted by Crippen LogP contribution is -2.11. The highest BCUT2D eigenvalue weighted by Gasteiger charge is 2.22. The van der Waals surface area contributed by atoms with Gasteiger partial charge in [-0.1, -0.05) is 36.4 Å². The third-order valence-corrected chi connectivity index (χ3v) is 3.18. The van der Waals surface area contributed by atoms with Crippen molar-refractivity contribution in [3.63, 3.8) is 0 Å². The number of phenolic OH excluding ortho intramolecular Hbond substituents is 1. The van der Waals surface area contributed by atoms with E-state index >= 15 is 0 Å². The molecule has 0 saturated heterocycles. The monoisotopic (exact) mass is 296 g/mol. The molecule has 4 nitrogen and oxygen atoms in total. The number of hydrogen-bond acceptors (Lipinski definition) is 4. The first-order valence-corrected chi connectivity index (χ1v) is 6.76. The molecule has 2 aromatic rings. The van der Waals surface area contributed by atoms with Crippen LogP contribution in [0.15, 0.2) is 48.5 Å². The normalized spacial score (nSPS) is 10.6. The molecular formula is C18H16O4. The third-order valence-electron chi connectivity index (χ3n) is 3.18. The molecule has 0 aromatic heterocycles. The molecule has 0 atom stereocenters. The molecule has 0 spiro atoms. The van der Waals surface area contributed by atoms with Crippen LogP contribution in [0.25, 0.3) is 6.08 Å². The van der Waals surface area contributed by atoms with E-state index in [0.29, 0.717) is 5.56 Å². The van der Waals surface area contributed by atoms with Gasteiger partial charge in [0, 0.05) is 5.56 Å². The molecule has 2 aromatic carbocycles. The smallest absolute Gasteiger partial charge is 0.338 e. The zero-order chi connectivity index (χ0) is 16.1. The number of rotatable bonds is 4. The van der Waals surface area contributed by atoms with Gasteiger partial charge in [0.2, 0.25) is 0 Å². The Hall–Kier alpha value is -2.88. The van der Waals surface area contributed by atoms with E-state index in [-0.39, 0.29) is 16.9 Å². The Bertz CT molecular complexity index is 745. The highest BCUT2D eigenvalue weighted by Crippen LogP contribution is 2.25. The number of allylic oxidation sites excluding steroid dienone is 1. The fourth-order valence-electron chi connectivity index (χ4n) is 2.18. The van der Waals surface area contributed by atoms with Crippen LogP contribution >= 0.6 is 0 Å². The number of carbonyl (C=O) groups is 2.